The number of fused-ring (bicyclic) bond motifs is 1. The van der Waals surface area contributed by atoms with Crippen molar-refractivity contribution in [1.29, 1.82) is 0 Å². The van der Waals surface area contributed by atoms with Gasteiger partial charge in [-0.15, -0.1) is 0 Å². The van der Waals surface area contributed by atoms with Crippen LogP contribution in [0.1, 0.15) is 23.3 Å². The molecule has 1 aliphatic heterocycles. The molecule has 0 unspecified atom stereocenters. The van der Waals surface area contributed by atoms with Crippen molar-refractivity contribution in [3.63, 3.8) is 0 Å². The highest BCUT2D eigenvalue weighted by Crippen LogP contribution is 2.26. The Labute approximate surface area is 166 Å². The predicted molar refractivity (Wildman–Crippen MR) is 107 cm³/mol. The van der Waals surface area contributed by atoms with E-state index in [-0.39, 0.29) is 17.5 Å². The van der Waals surface area contributed by atoms with E-state index in [9.17, 15) is 14.9 Å². The third-order valence-electron chi connectivity index (χ3n) is 4.92. The first-order valence-corrected chi connectivity index (χ1v) is 9.22. The van der Waals surface area contributed by atoms with E-state index in [4.69, 9.17) is 10.5 Å². The van der Waals surface area contributed by atoms with Crippen molar-refractivity contribution in [2.24, 2.45) is 5.73 Å². The van der Waals surface area contributed by atoms with Crippen LogP contribution in [0.3, 0.4) is 0 Å². The summed E-state index contributed by atoms with van der Waals surface area (Å²) in [4.78, 5) is 32.5. The molecule has 0 saturated carbocycles. The normalized spacial score (nSPS) is 14.7. The maximum atomic E-state index is 11.2. The molecular formula is C20H19N5O4. The van der Waals surface area contributed by atoms with Crippen molar-refractivity contribution in [3.8, 4) is 5.75 Å². The van der Waals surface area contributed by atoms with Crippen molar-refractivity contribution in [1.82, 2.24) is 9.97 Å². The lowest BCUT2D eigenvalue weighted by Gasteiger charge is -2.33. The standard InChI is InChI=1S/C20H19N5O4/c21-20(26)18-12-16(5-8-22-18)29-15-6-9-24(10-7-15)19-4-1-13-11-14(25(27)28)2-3-17(13)23-19/h1-5,8,11-12,15H,6-7,9-10H2,(H2,21,26). The summed E-state index contributed by atoms with van der Waals surface area (Å²) in [5.41, 5.74) is 6.22. The summed E-state index contributed by atoms with van der Waals surface area (Å²) >= 11 is 0. The lowest BCUT2D eigenvalue weighted by molar-refractivity contribution is -0.384. The number of rotatable bonds is 5. The largest absolute Gasteiger partial charge is 0.490 e. The van der Waals surface area contributed by atoms with Gasteiger partial charge in [0.15, 0.2) is 0 Å². The van der Waals surface area contributed by atoms with E-state index in [0.29, 0.717) is 5.75 Å². The number of piperidine rings is 1. The molecule has 2 N–H and O–H groups in total. The van der Waals surface area contributed by atoms with Crippen molar-refractivity contribution in [3.05, 3.63) is 64.5 Å². The number of nitro groups is 1. The van der Waals surface area contributed by atoms with Crippen LogP contribution in [-0.4, -0.2) is 40.0 Å². The number of non-ortho nitro benzene ring substituents is 1. The second-order valence-electron chi connectivity index (χ2n) is 6.85. The lowest BCUT2D eigenvalue weighted by atomic mass is 10.1. The smallest absolute Gasteiger partial charge is 0.270 e. The number of aromatic nitrogens is 2. The molecule has 29 heavy (non-hydrogen) atoms. The first-order valence-electron chi connectivity index (χ1n) is 9.22. The molecule has 0 bridgehead atoms. The zero-order valence-corrected chi connectivity index (χ0v) is 15.5. The number of pyridine rings is 2. The van der Waals surface area contributed by atoms with E-state index in [2.05, 4.69) is 14.9 Å². The molecule has 148 valence electrons. The van der Waals surface area contributed by atoms with Gasteiger partial charge in [-0.1, -0.05) is 0 Å². The van der Waals surface area contributed by atoms with Crippen LogP contribution in [0.15, 0.2) is 48.7 Å². The Hall–Kier alpha value is -3.75. The van der Waals surface area contributed by atoms with Crippen LogP contribution in [0.5, 0.6) is 5.75 Å². The fraction of sp³-hybridized carbons (Fsp3) is 0.250. The first kappa shape index (κ1) is 18.6. The molecule has 9 heteroatoms. The number of nitrogens with two attached hydrogens (primary N) is 1. The third-order valence-corrected chi connectivity index (χ3v) is 4.92. The summed E-state index contributed by atoms with van der Waals surface area (Å²) in [6.45, 7) is 1.54. The number of anilines is 1. The highest BCUT2D eigenvalue weighted by molar-refractivity contribution is 5.91. The quantitative estimate of drug-likeness (QED) is 0.522. The number of benzene rings is 1. The van der Waals surface area contributed by atoms with Crippen molar-refractivity contribution < 1.29 is 14.5 Å². The Morgan fingerprint density at radius 1 is 1.17 bits per heavy atom. The van der Waals surface area contributed by atoms with Gasteiger partial charge in [0.05, 0.1) is 10.4 Å². The van der Waals surface area contributed by atoms with E-state index >= 15 is 0 Å². The van der Waals surface area contributed by atoms with Gasteiger partial charge >= 0.3 is 0 Å². The van der Waals surface area contributed by atoms with Crippen LogP contribution < -0.4 is 15.4 Å². The van der Waals surface area contributed by atoms with E-state index < -0.39 is 10.8 Å². The molecular weight excluding hydrogens is 374 g/mol. The Morgan fingerprint density at radius 2 is 1.97 bits per heavy atom. The van der Waals surface area contributed by atoms with Gasteiger partial charge in [-0.2, -0.15) is 0 Å². The summed E-state index contributed by atoms with van der Waals surface area (Å²) in [5, 5.41) is 11.7. The SMILES string of the molecule is NC(=O)c1cc(OC2CCN(c3ccc4cc([N+](=O)[O-])ccc4n3)CC2)ccn1. The van der Waals surface area contributed by atoms with Crippen LogP contribution in [0.2, 0.25) is 0 Å². The van der Waals surface area contributed by atoms with Crippen LogP contribution in [0.25, 0.3) is 10.9 Å². The Morgan fingerprint density at radius 3 is 2.69 bits per heavy atom. The first-order chi connectivity index (χ1) is 14.0. The van der Waals surface area contributed by atoms with Crippen LogP contribution in [-0.2, 0) is 0 Å². The number of carbonyl (C=O) groups is 1. The Balaban J connectivity index is 1.41. The second kappa shape index (κ2) is 7.70. The number of hydrogen-bond donors (Lipinski definition) is 1. The van der Waals surface area contributed by atoms with Gasteiger partial charge < -0.3 is 15.4 Å². The van der Waals surface area contributed by atoms with E-state index in [1.54, 1.807) is 18.2 Å². The van der Waals surface area contributed by atoms with Crippen LogP contribution >= 0.6 is 0 Å². The van der Waals surface area contributed by atoms with Gasteiger partial charge in [0.1, 0.15) is 23.4 Å². The number of carbonyl (C=O) groups excluding carboxylic acids is 1. The van der Waals surface area contributed by atoms with Gasteiger partial charge in [0.25, 0.3) is 11.6 Å². The van der Waals surface area contributed by atoms with Gasteiger partial charge in [0.2, 0.25) is 0 Å². The highest BCUT2D eigenvalue weighted by Gasteiger charge is 2.22. The zero-order chi connectivity index (χ0) is 20.4. The Kier molecular flexibility index (Phi) is 4.94. The Bertz CT molecular complexity index is 1080. The molecule has 9 nitrogen and oxygen atoms in total. The second-order valence-corrected chi connectivity index (χ2v) is 6.85. The number of primary amides is 1. The van der Waals surface area contributed by atoms with Crippen LogP contribution in [0.4, 0.5) is 11.5 Å². The molecule has 3 heterocycles. The maximum absolute atomic E-state index is 11.2. The molecule has 0 atom stereocenters. The minimum absolute atomic E-state index is 0.0254. The van der Waals surface area contributed by atoms with E-state index in [0.717, 1.165) is 42.7 Å². The summed E-state index contributed by atoms with van der Waals surface area (Å²) in [7, 11) is 0. The highest BCUT2D eigenvalue weighted by atomic mass is 16.6. The molecule has 4 rings (SSSR count). The third kappa shape index (κ3) is 4.08. The molecule has 1 amide bonds. The van der Waals surface area contributed by atoms with Gasteiger partial charge in [-0.3, -0.25) is 19.9 Å². The summed E-state index contributed by atoms with van der Waals surface area (Å²) < 4.78 is 5.98. The molecule has 1 aromatic carbocycles. The fourth-order valence-corrected chi connectivity index (χ4v) is 3.41. The van der Waals surface area contributed by atoms with Gasteiger partial charge in [-0.25, -0.2) is 4.98 Å². The van der Waals surface area contributed by atoms with Crippen LogP contribution in [0, 0.1) is 10.1 Å². The fourth-order valence-electron chi connectivity index (χ4n) is 3.41. The van der Waals surface area contributed by atoms with Crippen molar-refractivity contribution in [2.75, 3.05) is 18.0 Å². The molecule has 3 aromatic rings. The number of ether oxygens (including phenoxy) is 1. The minimum atomic E-state index is -0.585. The molecule has 0 radical (unpaired) electrons. The number of hydrogen-bond acceptors (Lipinski definition) is 7. The molecule has 1 fully saturated rings. The van der Waals surface area contributed by atoms with Crippen molar-refractivity contribution in [2.45, 2.75) is 18.9 Å². The average molecular weight is 393 g/mol. The zero-order valence-electron chi connectivity index (χ0n) is 15.5. The maximum Gasteiger partial charge on any atom is 0.270 e. The topological polar surface area (TPSA) is 124 Å². The van der Waals surface area contributed by atoms with E-state index in [1.807, 2.05) is 12.1 Å². The van der Waals surface area contributed by atoms with Gasteiger partial charge in [-0.05, 0) is 24.3 Å². The van der Waals surface area contributed by atoms with E-state index in [1.165, 1.54) is 18.3 Å². The number of nitro benzene ring substituents is 1. The van der Waals surface area contributed by atoms with Crippen molar-refractivity contribution >= 4 is 28.3 Å². The molecule has 0 aliphatic carbocycles. The molecule has 0 spiro atoms. The summed E-state index contributed by atoms with van der Waals surface area (Å²) in [6, 6.07) is 11.7. The number of amides is 1. The molecule has 2 aromatic heterocycles. The minimum Gasteiger partial charge on any atom is -0.490 e. The van der Waals surface area contributed by atoms with Gasteiger partial charge in [0, 0.05) is 55.7 Å². The average Bonchev–Trinajstić information content (AvgIpc) is 2.73. The monoisotopic (exact) mass is 393 g/mol. The summed E-state index contributed by atoms with van der Waals surface area (Å²) in [5.74, 6) is 0.834. The predicted octanol–water partition coefficient (Wildman–Crippen LogP) is 2.68. The lowest BCUT2D eigenvalue weighted by Crippen LogP contribution is -2.38. The number of nitrogens with zero attached hydrogens (tertiary/aromatic N) is 4. The molecule has 1 aliphatic rings. The summed E-state index contributed by atoms with van der Waals surface area (Å²) in [6.07, 6.45) is 3.13. The molecule has 1 saturated heterocycles.